The quantitative estimate of drug-likeness (QED) is 0.778. The van der Waals surface area contributed by atoms with Gasteiger partial charge in [0.25, 0.3) is 0 Å². The summed E-state index contributed by atoms with van der Waals surface area (Å²) in [4.78, 5) is 2.49. The molecule has 0 bridgehead atoms. The summed E-state index contributed by atoms with van der Waals surface area (Å²) in [6.45, 7) is 6.54. The maximum absolute atomic E-state index is 12.9. The summed E-state index contributed by atoms with van der Waals surface area (Å²) in [7, 11) is -3.50. The number of hydrogen-bond donors (Lipinski definition) is 0. The molecule has 0 N–H and O–H groups in total. The number of sulfonamides is 1. The van der Waals surface area contributed by atoms with Crippen LogP contribution in [0.2, 0.25) is 5.02 Å². The minimum Gasteiger partial charge on any atom is -0.494 e. The Labute approximate surface area is 160 Å². The Kier molecular flexibility index (Phi) is 5.75. The topological polar surface area (TPSA) is 49.9 Å². The van der Waals surface area contributed by atoms with E-state index < -0.39 is 10.0 Å². The third-order valence-electron chi connectivity index (χ3n) is 4.51. The van der Waals surface area contributed by atoms with Crippen LogP contribution in [0.5, 0.6) is 5.75 Å². The molecule has 0 radical (unpaired) electrons. The molecule has 0 spiro atoms. The highest BCUT2D eigenvalue weighted by molar-refractivity contribution is 7.89. The van der Waals surface area contributed by atoms with Gasteiger partial charge in [-0.15, -0.1) is 0 Å². The summed E-state index contributed by atoms with van der Waals surface area (Å²) in [6.07, 6.45) is 0. The molecule has 0 unspecified atom stereocenters. The van der Waals surface area contributed by atoms with Crippen LogP contribution >= 0.6 is 11.6 Å². The van der Waals surface area contributed by atoms with Crippen molar-refractivity contribution in [1.82, 2.24) is 4.31 Å². The molecule has 1 saturated heterocycles. The summed E-state index contributed by atoms with van der Waals surface area (Å²) < 4.78 is 32.9. The van der Waals surface area contributed by atoms with Gasteiger partial charge in [-0.2, -0.15) is 4.31 Å². The highest BCUT2D eigenvalue weighted by Crippen LogP contribution is 2.26. The van der Waals surface area contributed by atoms with Gasteiger partial charge in [0.05, 0.1) is 11.5 Å². The summed E-state index contributed by atoms with van der Waals surface area (Å²) in [6, 6.07) is 12.7. The Bertz CT molecular complexity index is 861. The van der Waals surface area contributed by atoms with Crippen molar-refractivity contribution in [2.45, 2.75) is 18.7 Å². The van der Waals surface area contributed by atoms with Crippen LogP contribution < -0.4 is 9.64 Å². The van der Waals surface area contributed by atoms with Gasteiger partial charge >= 0.3 is 0 Å². The second-order valence-electron chi connectivity index (χ2n) is 6.23. The monoisotopic (exact) mass is 394 g/mol. The van der Waals surface area contributed by atoms with E-state index in [-0.39, 0.29) is 0 Å². The van der Waals surface area contributed by atoms with E-state index in [4.69, 9.17) is 16.3 Å². The zero-order chi connectivity index (χ0) is 18.7. The van der Waals surface area contributed by atoms with E-state index in [2.05, 4.69) is 4.90 Å². The summed E-state index contributed by atoms with van der Waals surface area (Å²) in [5.74, 6) is 0.721. The number of ether oxygens (including phenoxy) is 1. The minimum atomic E-state index is -3.50. The zero-order valence-corrected chi connectivity index (χ0v) is 16.6. The molecule has 0 amide bonds. The Morgan fingerprint density at radius 1 is 1.04 bits per heavy atom. The van der Waals surface area contributed by atoms with E-state index in [9.17, 15) is 8.42 Å². The standard InChI is InChI=1S/C19H23ClN2O3S/c1-3-25-19-9-8-18(14-15(19)2)26(23,24)22-12-10-21(11-13-22)17-6-4-16(20)5-7-17/h4-9,14H,3,10-13H2,1-2H3. The van der Waals surface area contributed by atoms with Crippen molar-refractivity contribution in [3.05, 3.63) is 53.1 Å². The Hall–Kier alpha value is -1.76. The fourth-order valence-electron chi connectivity index (χ4n) is 3.09. The van der Waals surface area contributed by atoms with Crippen LogP contribution in [-0.4, -0.2) is 45.5 Å². The first-order valence-corrected chi connectivity index (χ1v) is 10.5. The molecule has 26 heavy (non-hydrogen) atoms. The molecule has 0 atom stereocenters. The number of benzene rings is 2. The lowest BCUT2D eigenvalue weighted by Gasteiger charge is -2.35. The molecule has 1 fully saturated rings. The van der Waals surface area contributed by atoms with Crippen molar-refractivity contribution in [2.24, 2.45) is 0 Å². The highest BCUT2D eigenvalue weighted by Gasteiger charge is 2.29. The van der Waals surface area contributed by atoms with Crippen LogP contribution in [0.4, 0.5) is 5.69 Å². The van der Waals surface area contributed by atoms with E-state index in [1.165, 1.54) is 0 Å². The van der Waals surface area contributed by atoms with Crippen LogP contribution in [0.15, 0.2) is 47.4 Å². The van der Waals surface area contributed by atoms with Gasteiger partial charge in [-0.25, -0.2) is 8.42 Å². The summed E-state index contributed by atoms with van der Waals surface area (Å²) >= 11 is 5.93. The molecule has 0 saturated carbocycles. The van der Waals surface area contributed by atoms with Gasteiger partial charge in [-0.1, -0.05) is 11.6 Å². The molecule has 140 valence electrons. The molecule has 1 aliphatic heterocycles. The van der Waals surface area contributed by atoms with E-state index in [0.717, 1.165) is 17.0 Å². The van der Waals surface area contributed by atoms with Gasteiger partial charge < -0.3 is 9.64 Å². The Balaban J connectivity index is 1.71. The van der Waals surface area contributed by atoms with Gasteiger partial charge in [0.2, 0.25) is 10.0 Å². The minimum absolute atomic E-state index is 0.318. The van der Waals surface area contributed by atoms with Gasteiger partial charge in [-0.05, 0) is 61.9 Å². The van der Waals surface area contributed by atoms with Crippen molar-refractivity contribution < 1.29 is 13.2 Å². The fraction of sp³-hybridized carbons (Fsp3) is 0.368. The smallest absolute Gasteiger partial charge is 0.243 e. The number of nitrogens with zero attached hydrogens (tertiary/aromatic N) is 2. The van der Waals surface area contributed by atoms with Crippen LogP contribution in [0.3, 0.4) is 0 Å². The average molecular weight is 395 g/mol. The van der Waals surface area contributed by atoms with Crippen molar-refractivity contribution in [1.29, 1.82) is 0 Å². The molecule has 0 aromatic heterocycles. The normalized spacial score (nSPS) is 15.9. The molecule has 2 aromatic rings. The number of piperazine rings is 1. The second-order valence-corrected chi connectivity index (χ2v) is 8.60. The van der Waals surface area contributed by atoms with E-state index in [1.54, 1.807) is 22.5 Å². The van der Waals surface area contributed by atoms with Crippen molar-refractivity contribution in [2.75, 3.05) is 37.7 Å². The maximum Gasteiger partial charge on any atom is 0.243 e. The van der Waals surface area contributed by atoms with Gasteiger partial charge in [0.15, 0.2) is 0 Å². The first kappa shape index (κ1) is 19.0. The number of aryl methyl sites for hydroxylation is 1. The lowest BCUT2D eigenvalue weighted by atomic mass is 10.2. The Morgan fingerprint density at radius 2 is 1.69 bits per heavy atom. The first-order chi connectivity index (χ1) is 12.4. The SMILES string of the molecule is CCOc1ccc(S(=O)(=O)N2CCN(c3ccc(Cl)cc3)CC2)cc1C. The third kappa shape index (κ3) is 3.98. The van der Waals surface area contributed by atoms with Crippen LogP contribution in [0.25, 0.3) is 0 Å². The van der Waals surface area contributed by atoms with Gasteiger partial charge in [-0.3, -0.25) is 0 Å². The maximum atomic E-state index is 12.9. The predicted octanol–water partition coefficient (Wildman–Crippen LogP) is 3.56. The van der Waals surface area contributed by atoms with Crippen LogP contribution in [0, 0.1) is 6.92 Å². The number of rotatable bonds is 5. The van der Waals surface area contributed by atoms with E-state index in [1.807, 2.05) is 38.1 Å². The molecule has 3 rings (SSSR count). The summed E-state index contributed by atoms with van der Waals surface area (Å²) in [5, 5.41) is 0.695. The molecular weight excluding hydrogens is 372 g/mol. The lowest BCUT2D eigenvalue weighted by Crippen LogP contribution is -2.48. The second kappa shape index (κ2) is 7.86. The van der Waals surface area contributed by atoms with Crippen molar-refractivity contribution in [3.63, 3.8) is 0 Å². The van der Waals surface area contributed by atoms with Crippen LogP contribution in [-0.2, 0) is 10.0 Å². The zero-order valence-electron chi connectivity index (χ0n) is 15.0. The summed E-state index contributed by atoms with van der Waals surface area (Å²) in [5.41, 5.74) is 1.89. The molecular formula is C19H23ClN2O3S. The van der Waals surface area contributed by atoms with Crippen LogP contribution in [0.1, 0.15) is 12.5 Å². The molecule has 1 heterocycles. The van der Waals surface area contributed by atoms with E-state index >= 15 is 0 Å². The average Bonchev–Trinajstić information content (AvgIpc) is 2.64. The molecule has 0 aliphatic carbocycles. The predicted molar refractivity (Wildman–Crippen MR) is 105 cm³/mol. The molecule has 5 nitrogen and oxygen atoms in total. The fourth-order valence-corrected chi connectivity index (χ4v) is 4.72. The number of hydrogen-bond acceptors (Lipinski definition) is 4. The molecule has 2 aromatic carbocycles. The van der Waals surface area contributed by atoms with Gasteiger partial charge in [0.1, 0.15) is 5.75 Å². The Morgan fingerprint density at radius 3 is 2.27 bits per heavy atom. The molecule has 7 heteroatoms. The van der Waals surface area contributed by atoms with E-state index in [0.29, 0.717) is 42.7 Å². The number of halogens is 1. The third-order valence-corrected chi connectivity index (χ3v) is 6.66. The van der Waals surface area contributed by atoms with Crippen molar-refractivity contribution in [3.8, 4) is 5.75 Å². The first-order valence-electron chi connectivity index (χ1n) is 8.66. The lowest BCUT2D eigenvalue weighted by molar-refractivity contribution is 0.337. The number of anilines is 1. The highest BCUT2D eigenvalue weighted by atomic mass is 35.5. The van der Waals surface area contributed by atoms with Crippen molar-refractivity contribution >= 4 is 27.3 Å². The van der Waals surface area contributed by atoms with Gasteiger partial charge in [0, 0.05) is 36.9 Å². The molecule has 1 aliphatic rings. The largest absolute Gasteiger partial charge is 0.494 e.